The predicted molar refractivity (Wildman–Crippen MR) is 119 cm³/mol. The van der Waals surface area contributed by atoms with Crippen LogP contribution in [0, 0.1) is 0 Å². The number of aryl methyl sites for hydroxylation is 1. The zero-order valence-corrected chi connectivity index (χ0v) is 18.7. The van der Waals surface area contributed by atoms with Crippen molar-refractivity contribution in [2.75, 3.05) is 11.9 Å². The van der Waals surface area contributed by atoms with E-state index in [0.717, 1.165) is 42.5 Å². The molecular formula is C23H38BrNO2. The Kier molecular flexibility index (Phi) is 14.2. The van der Waals surface area contributed by atoms with Crippen molar-refractivity contribution in [3.05, 3.63) is 29.3 Å². The van der Waals surface area contributed by atoms with Crippen molar-refractivity contribution in [3.63, 3.8) is 0 Å². The van der Waals surface area contributed by atoms with Crippen molar-refractivity contribution in [1.29, 1.82) is 0 Å². The Hall–Kier alpha value is -1.03. The van der Waals surface area contributed by atoms with E-state index in [1.807, 2.05) is 18.2 Å². The number of benzene rings is 1. The second-order valence-corrected chi connectivity index (χ2v) is 8.15. The van der Waals surface area contributed by atoms with Gasteiger partial charge < -0.3 is 10.5 Å². The van der Waals surface area contributed by atoms with E-state index in [0.29, 0.717) is 5.56 Å². The first-order valence-electron chi connectivity index (χ1n) is 10.8. The standard InChI is InChI=1S/C23H38BrNO2/c1-2-3-4-5-6-7-10-13-18-27-21-15-16-22(23(25)26)20(19-21)14-11-8-9-12-17-24/h15-16,19H,2-14,17-18H2,1H3,(H2,25,26). The number of hydrogen-bond acceptors (Lipinski definition) is 2. The van der Waals surface area contributed by atoms with Crippen LogP contribution in [0.4, 0.5) is 0 Å². The SMILES string of the molecule is CCCCCCCCCCOc1ccc(C(N)=O)c(CCCCCCBr)c1. The number of rotatable bonds is 17. The van der Waals surface area contributed by atoms with Crippen molar-refractivity contribution in [2.24, 2.45) is 5.73 Å². The molecule has 27 heavy (non-hydrogen) atoms. The lowest BCUT2D eigenvalue weighted by atomic mass is 10.00. The number of alkyl halides is 1. The van der Waals surface area contributed by atoms with Crippen molar-refractivity contribution in [1.82, 2.24) is 0 Å². The normalized spacial score (nSPS) is 10.9. The first-order valence-corrected chi connectivity index (χ1v) is 11.9. The molecule has 0 unspecified atom stereocenters. The van der Waals surface area contributed by atoms with Gasteiger partial charge in [-0.1, -0.05) is 80.6 Å². The topological polar surface area (TPSA) is 52.3 Å². The summed E-state index contributed by atoms with van der Waals surface area (Å²) in [6.45, 7) is 3.00. The third-order valence-corrected chi connectivity index (χ3v) is 5.50. The Morgan fingerprint density at radius 3 is 2.22 bits per heavy atom. The smallest absolute Gasteiger partial charge is 0.248 e. The molecule has 0 heterocycles. The van der Waals surface area contributed by atoms with Crippen LogP contribution in [0.1, 0.15) is 99.9 Å². The molecule has 154 valence electrons. The molecule has 1 aromatic carbocycles. The first kappa shape index (κ1) is 24.0. The minimum Gasteiger partial charge on any atom is -0.494 e. The molecule has 1 rings (SSSR count). The molecule has 0 saturated carbocycles. The van der Waals surface area contributed by atoms with Gasteiger partial charge in [0.1, 0.15) is 5.75 Å². The number of carbonyl (C=O) groups is 1. The molecule has 1 amide bonds. The minimum absolute atomic E-state index is 0.347. The number of carbonyl (C=O) groups excluding carboxylic acids is 1. The van der Waals surface area contributed by atoms with Gasteiger partial charge in [-0.2, -0.15) is 0 Å². The third kappa shape index (κ3) is 11.4. The van der Waals surface area contributed by atoms with E-state index in [1.54, 1.807) is 0 Å². The highest BCUT2D eigenvalue weighted by molar-refractivity contribution is 9.09. The van der Waals surface area contributed by atoms with Gasteiger partial charge in [-0.05, 0) is 49.4 Å². The summed E-state index contributed by atoms with van der Waals surface area (Å²) in [5.74, 6) is 0.512. The van der Waals surface area contributed by atoms with Crippen LogP contribution < -0.4 is 10.5 Å². The van der Waals surface area contributed by atoms with Crippen LogP contribution >= 0.6 is 15.9 Å². The molecule has 0 atom stereocenters. The quantitative estimate of drug-likeness (QED) is 0.214. The number of primary amides is 1. The molecule has 0 aliphatic rings. The molecule has 0 aliphatic carbocycles. The van der Waals surface area contributed by atoms with E-state index in [1.165, 1.54) is 64.2 Å². The molecular weight excluding hydrogens is 402 g/mol. The van der Waals surface area contributed by atoms with Crippen molar-refractivity contribution in [3.8, 4) is 5.75 Å². The molecule has 0 bridgehead atoms. The summed E-state index contributed by atoms with van der Waals surface area (Å²) < 4.78 is 5.91. The summed E-state index contributed by atoms with van der Waals surface area (Å²) in [7, 11) is 0. The fourth-order valence-corrected chi connectivity index (χ4v) is 3.69. The van der Waals surface area contributed by atoms with Gasteiger partial charge in [-0.3, -0.25) is 4.79 Å². The Morgan fingerprint density at radius 1 is 0.926 bits per heavy atom. The van der Waals surface area contributed by atoms with Crippen LogP contribution in [0.2, 0.25) is 0 Å². The molecule has 0 spiro atoms. The number of amides is 1. The molecule has 0 fully saturated rings. The number of unbranched alkanes of at least 4 members (excludes halogenated alkanes) is 10. The second kappa shape index (κ2) is 16.0. The van der Waals surface area contributed by atoms with E-state index in [-0.39, 0.29) is 5.91 Å². The van der Waals surface area contributed by atoms with Gasteiger partial charge >= 0.3 is 0 Å². The molecule has 0 radical (unpaired) electrons. The highest BCUT2D eigenvalue weighted by atomic mass is 79.9. The Morgan fingerprint density at radius 2 is 1.56 bits per heavy atom. The fourth-order valence-electron chi connectivity index (χ4n) is 3.30. The number of halogens is 1. The van der Waals surface area contributed by atoms with Gasteiger partial charge in [0.05, 0.1) is 6.61 Å². The lowest BCUT2D eigenvalue weighted by Gasteiger charge is -2.11. The molecule has 0 saturated heterocycles. The Bertz CT molecular complexity index is 519. The maximum atomic E-state index is 11.7. The summed E-state index contributed by atoms with van der Waals surface area (Å²) in [4.78, 5) is 11.7. The Balaban J connectivity index is 2.33. The predicted octanol–water partition coefficient (Wildman–Crippen LogP) is 6.80. The fraction of sp³-hybridized carbons (Fsp3) is 0.696. The van der Waals surface area contributed by atoms with Crippen LogP contribution in [0.3, 0.4) is 0 Å². The number of nitrogens with two attached hydrogens (primary N) is 1. The van der Waals surface area contributed by atoms with Crippen LogP contribution in [0.5, 0.6) is 5.75 Å². The maximum absolute atomic E-state index is 11.7. The monoisotopic (exact) mass is 439 g/mol. The lowest BCUT2D eigenvalue weighted by Crippen LogP contribution is -2.14. The third-order valence-electron chi connectivity index (χ3n) is 4.94. The zero-order valence-electron chi connectivity index (χ0n) is 17.1. The average Bonchev–Trinajstić information content (AvgIpc) is 2.66. The summed E-state index contributed by atoms with van der Waals surface area (Å²) >= 11 is 3.46. The molecule has 1 aromatic rings. The van der Waals surface area contributed by atoms with Crippen LogP contribution in [0.15, 0.2) is 18.2 Å². The molecule has 4 heteroatoms. The first-order chi connectivity index (χ1) is 13.2. The van der Waals surface area contributed by atoms with Gasteiger partial charge in [-0.15, -0.1) is 0 Å². The van der Waals surface area contributed by atoms with Crippen LogP contribution in [-0.4, -0.2) is 17.8 Å². The zero-order chi connectivity index (χ0) is 19.7. The average molecular weight is 440 g/mol. The van der Waals surface area contributed by atoms with Crippen molar-refractivity contribution < 1.29 is 9.53 Å². The van der Waals surface area contributed by atoms with Gasteiger partial charge in [0.25, 0.3) is 0 Å². The minimum atomic E-state index is -0.347. The van der Waals surface area contributed by atoms with Crippen LogP contribution in [-0.2, 0) is 6.42 Å². The van der Waals surface area contributed by atoms with Gasteiger partial charge in [0.15, 0.2) is 0 Å². The van der Waals surface area contributed by atoms with Gasteiger partial charge in [0, 0.05) is 10.9 Å². The van der Waals surface area contributed by atoms with E-state index >= 15 is 0 Å². The lowest BCUT2D eigenvalue weighted by molar-refractivity contribution is 0.0999. The summed E-state index contributed by atoms with van der Waals surface area (Å²) in [6.07, 6.45) is 15.9. The van der Waals surface area contributed by atoms with Gasteiger partial charge in [0.2, 0.25) is 5.91 Å². The summed E-state index contributed by atoms with van der Waals surface area (Å²) in [6, 6.07) is 5.70. The van der Waals surface area contributed by atoms with E-state index in [4.69, 9.17) is 10.5 Å². The van der Waals surface area contributed by atoms with E-state index < -0.39 is 0 Å². The number of hydrogen-bond donors (Lipinski definition) is 1. The molecule has 0 aliphatic heterocycles. The summed E-state index contributed by atoms with van der Waals surface area (Å²) in [5, 5.41) is 1.06. The molecule has 2 N–H and O–H groups in total. The van der Waals surface area contributed by atoms with Crippen molar-refractivity contribution in [2.45, 2.75) is 90.4 Å². The highest BCUT2D eigenvalue weighted by Crippen LogP contribution is 2.21. The highest BCUT2D eigenvalue weighted by Gasteiger charge is 2.09. The van der Waals surface area contributed by atoms with Crippen molar-refractivity contribution >= 4 is 21.8 Å². The van der Waals surface area contributed by atoms with Gasteiger partial charge in [-0.25, -0.2) is 0 Å². The van der Waals surface area contributed by atoms with Crippen LogP contribution in [0.25, 0.3) is 0 Å². The largest absolute Gasteiger partial charge is 0.494 e. The Labute approximate surface area is 174 Å². The summed E-state index contributed by atoms with van der Waals surface area (Å²) in [5.41, 5.74) is 7.19. The maximum Gasteiger partial charge on any atom is 0.248 e. The molecule has 3 nitrogen and oxygen atoms in total. The number of ether oxygens (including phenoxy) is 1. The second-order valence-electron chi connectivity index (χ2n) is 7.36. The van der Waals surface area contributed by atoms with E-state index in [9.17, 15) is 4.79 Å². The molecule has 0 aromatic heterocycles. The van der Waals surface area contributed by atoms with E-state index in [2.05, 4.69) is 22.9 Å².